The summed E-state index contributed by atoms with van der Waals surface area (Å²) in [6.45, 7) is 14.3. The standard InChI is InChI=1S/C37H47N3O5S/c1-7-36(3,4)25-18-19-33(31(22-25)37(5,6)8-2)45-21-12-11-20-39-35(42)30-24-32(28-16-9-10-17-29(28)34(30)41)40-46(43,44)27-15-13-14-26(38)23-27/h9-10,13-19,22-24,40-41H,7-8,11-12,20-21,38H2,1-6H3,(H,39,42). The van der Waals surface area contributed by atoms with Crippen molar-refractivity contribution in [2.45, 2.75) is 83.0 Å². The minimum Gasteiger partial charge on any atom is -0.506 e. The first kappa shape index (κ1) is 34.6. The molecular weight excluding hydrogens is 598 g/mol. The molecule has 0 spiro atoms. The molecule has 0 unspecified atom stereocenters. The van der Waals surface area contributed by atoms with Gasteiger partial charge in [0, 0.05) is 28.6 Å². The van der Waals surface area contributed by atoms with Crippen molar-refractivity contribution < 1.29 is 23.1 Å². The molecule has 4 aromatic rings. The summed E-state index contributed by atoms with van der Waals surface area (Å²) in [5.74, 6) is 0.166. The molecule has 0 saturated carbocycles. The maximum Gasteiger partial charge on any atom is 0.261 e. The zero-order valence-corrected chi connectivity index (χ0v) is 28.6. The fourth-order valence-electron chi connectivity index (χ4n) is 5.21. The molecule has 0 fully saturated rings. The largest absolute Gasteiger partial charge is 0.506 e. The van der Waals surface area contributed by atoms with Crippen LogP contribution in [-0.4, -0.2) is 32.6 Å². The highest BCUT2D eigenvalue weighted by atomic mass is 32.2. The third-order valence-electron chi connectivity index (χ3n) is 9.05. The first-order chi connectivity index (χ1) is 21.7. The third-order valence-corrected chi connectivity index (χ3v) is 10.4. The Bertz CT molecular complexity index is 1820. The summed E-state index contributed by atoms with van der Waals surface area (Å²) in [5, 5.41) is 14.7. The first-order valence-electron chi connectivity index (χ1n) is 15.9. The van der Waals surface area contributed by atoms with E-state index in [2.05, 4.69) is 69.8 Å². The van der Waals surface area contributed by atoms with E-state index < -0.39 is 15.9 Å². The van der Waals surface area contributed by atoms with Gasteiger partial charge in [0.05, 0.1) is 22.8 Å². The lowest BCUT2D eigenvalue weighted by Gasteiger charge is -2.30. The number of carbonyl (C=O) groups excluding carboxylic acids is 1. The van der Waals surface area contributed by atoms with Gasteiger partial charge in [-0.2, -0.15) is 0 Å². The Labute approximate surface area is 273 Å². The van der Waals surface area contributed by atoms with E-state index in [4.69, 9.17) is 10.5 Å². The normalized spacial score (nSPS) is 12.2. The number of phenolic OH excluding ortho intramolecular Hbond substituents is 1. The smallest absolute Gasteiger partial charge is 0.261 e. The second-order valence-corrected chi connectivity index (χ2v) is 14.7. The SMILES string of the molecule is CCC(C)(C)c1ccc(OCCCCNC(=O)c2cc(NS(=O)(=O)c3cccc(N)c3)c3ccccc3c2O)c(C(C)(C)CC)c1. The van der Waals surface area contributed by atoms with E-state index in [-0.39, 0.29) is 32.7 Å². The molecule has 1 amide bonds. The van der Waals surface area contributed by atoms with Crippen molar-refractivity contribution in [1.82, 2.24) is 5.32 Å². The number of nitrogens with one attached hydrogen (secondary N) is 2. The number of ether oxygens (including phenoxy) is 1. The quantitative estimate of drug-likeness (QED) is 0.0627. The fraction of sp³-hybridized carbons (Fsp3) is 0.378. The molecule has 0 atom stereocenters. The summed E-state index contributed by atoms with van der Waals surface area (Å²) in [5.41, 5.74) is 8.81. The molecule has 0 aliphatic rings. The number of phenols is 1. The average Bonchev–Trinajstić information content (AvgIpc) is 3.03. The van der Waals surface area contributed by atoms with Crippen molar-refractivity contribution in [3.8, 4) is 11.5 Å². The van der Waals surface area contributed by atoms with Crippen LogP contribution in [0.2, 0.25) is 0 Å². The van der Waals surface area contributed by atoms with Crippen molar-refractivity contribution in [3.63, 3.8) is 0 Å². The number of benzene rings is 4. The first-order valence-corrected chi connectivity index (χ1v) is 17.4. The van der Waals surface area contributed by atoms with Crippen LogP contribution in [0.5, 0.6) is 11.5 Å². The number of unbranched alkanes of at least 4 members (excludes halogenated alkanes) is 1. The van der Waals surface area contributed by atoms with E-state index in [0.29, 0.717) is 42.5 Å². The Kier molecular flexibility index (Phi) is 10.6. The van der Waals surface area contributed by atoms with Crippen molar-refractivity contribution >= 4 is 38.1 Å². The average molecular weight is 646 g/mol. The van der Waals surface area contributed by atoms with Gasteiger partial charge in [-0.05, 0) is 72.4 Å². The number of hydrogen-bond acceptors (Lipinski definition) is 6. The Balaban J connectivity index is 1.43. The molecule has 46 heavy (non-hydrogen) atoms. The predicted molar refractivity (Wildman–Crippen MR) is 187 cm³/mol. The number of nitrogen functional groups attached to an aromatic ring is 1. The summed E-state index contributed by atoms with van der Waals surface area (Å²) in [6, 6.07) is 20.6. The van der Waals surface area contributed by atoms with Crippen LogP contribution < -0.4 is 20.5 Å². The second kappa shape index (κ2) is 14.0. The van der Waals surface area contributed by atoms with E-state index in [1.54, 1.807) is 36.4 Å². The van der Waals surface area contributed by atoms with Crippen LogP contribution in [0.1, 0.15) is 88.7 Å². The fourth-order valence-corrected chi connectivity index (χ4v) is 6.33. The Morgan fingerprint density at radius 2 is 1.57 bits per heavy atom. The van der Waals surface area contributed by atoms with Gasteiger partial charge < -0.3 is 20.9 Å². The van der Waals surface area contributed by atoms with Gasteiger partial charge in [-0.15, -0.1) is 0 Å². The number of fused-ring (bicyclic) bond motifs is 1. The number of anilines is 2. The summed E-state index contributed by atoms with van der Waals surface area (Å²) in [7, 11) is -4.02. The minimum atomic E-state index is -4.02. The third kappa shape index (κ3) is 7.76. The van der Waals surface area contributed by atoms with Gasteiger partial charge in [0.15, 0.2) is 0 Å². The van der Waals surface area contributed by atoms with Gasteiger partial charge in [-0.3, -0.25) is 9.52 Å². The van der Waals surface area contributed by atoms with Crippen LogP contribution >= 0.6 is 0 Å². The van der Waals surface area contributed by atoms with Crippen LogP contribution in [0.15, 0.2) is 77.7 Å². The molecule has 0 aliphatic carbocycles. The highest BCUT2D eigenvalue weighted by Crippen LogP contribution is 2.39. The van der Waals surface area contributed by atoms with Crippen molar-refractivity contribution in [2.75, 3.05) is 23.6 Å². The molecule has 0 saturated heterocycles. The lowest BCUT2D eigenvalue weighted by molar-refractivity contribution is 0.0950. The summed E-state index contributed by atoms with van der Waals surface area (Å²) >= 11 is 0. The Morgan fingerprint density at radius 3 is 2.24 bits per heavy atom. The van der Waals surface area contributed by atoms with Crippen LogP contribution in [0.4, 0.5) is 11.4 Å². The van der Waals surface area contributed by atoms with Crippen LogP contribution in [0.25, 0.3) is 10.8 Å². The zero-order chi connectivity index (χ0) is 33.7. The molecule has 9 heteroatoms. The van der Waals surface area contributed by atoms with E-state index in [9.17, 15) is 18.3 Å². The molecule has 0 bridgehead atoms. The number of nitrogens with two attached hydrogens (primary N) is 1. The van der Waals surface area contributed by atoms with E-state index in [1.807, 2.05) is 0 Å². The lowest BCUT2D eigenvalue weighted by atomic mass is 9.76. The van der Waals surface area contributed by atoms with Crippen LogP contribution in [0, 0.1) is 0 Å². The number of amides is 1. The van der Waals surface area contributed by atoms with Crippen molar-refractivity contribution in [3.05, 3.63) is 89.5 Å². The predicted octanol–water partition coefficient (Wildman–Crippen LogP) is 7.89. The molecule has 0 heterocycles. The lowest BCUT2D eigenvalue weighted by Crippen LogP contribution is -2.25. The molecular formula is C37H47N3O5S. The van der Waals surface area contributed by atoms with Gasteiger partial charge in [0.25, 0.3) is 15.9 Å². The Morgan fingerprint density at radius 1 is 0.870 bits per heavy atom. The molecule has 4 rings (SSSR count). The van der Waals surface area contributed by atoms with Gasteiger partial charge in [-0.1, -0.05) is 84.0 Å². The van der Waals surface area contributed by atoms with Gasteiger partial charge >= 0.3 is 0 Å². The van der Waals surface area contributed by atoms with E-state index >= 15 is 0 Å². The summed E-state index contributed by atoms with van der Waals surface area (Å²) in [6.07, 6.45) is 3.39. The van der Waals surface area contributed by atoms with Crippen LogP contribution in [-0.2, 0) is 20.9 Å². The number of carbonyl (C=O) groups is 1. The van der Waals surface area contributed by atoms with Crippen LogP contribution in [0.3, 0.4) is 0 Å². The number of hydrogen-bond donors (Lipinski definition) is 4. The van der Waals surface area contributed by atoms with Gasteiger partial charge in [0.1, 0.15) is 11.5 Å². The van der Waals surface area contributed by atoms with Gasteiger partial charge in [0.2, 0.25) is 0 Å². The van der Waals surface area contributed by atoms with E-state index in [1.165, 1.54) is 29.3 Å². The van der Waals surface area contributed by atoms with E-state index in [0.717, 1.165) is 18.6 Å². The highest BCUT2D eigenvalue weighted by molar-refractivity contribution is 7.92. The van der Waals surface area contributed by atoms with Crippen molar-refractivity contribution in [2.24, 2.45) is 0 Å². The summed E-state index contributed by atoms with van der Waals surface area (Å²) in [4.78, 5) is 13.2. The molecule has 5 N–H and O–H groups in total. The maximum atomic E-state index is 13.2. The number of sulfonamides is 1. The molecule has 0 aromatic heterocycles. The Hall–Kier alpha value is -4.24. The molecule has 8 nitrogen and oxygen atoms in total. The zero-order valence-electron chi connectivity index (χ0n) is 27.7. The van der Waals surface area contributed by atoms with Gasteiger partial charge in [-0.25, -0.2) is 8.42 Å². The minimum absolute atomic E-state index is 0.0102. The maximum absolute atomic E-state index is 13.2. The molecule has 246 valence electrons. The van der Waals surface area contributed by atoms with Crippen molar-refractivity contribution in [1.29, 1.82) is 0 Å². The monoisotopic (exact) mass is 645 g/mol. The molecule has 0 aliphatic heterocycles. The highest BCUT2D eigenvalue weighted by Gasteiger charge is 2.27. The molecule has 0 radical (unpaired) electrons. The summed E-state index contributed by atoms with van der Waals surface area (Å²) < 4.78 is 35.2. The number of aromatic hydroxyl groups is 1. The molecule has 4 aromatic carbocycles. The number of rotatable bonds is 14. The second-order valence-electron chi connectivity index (χ2n) is 13.0. The topological polar surface area (TPSA) is 131 Å².